The van der Waals surface area contributed by atoms with Crippen molar-refractivity contribution in [1.29, 1.82) is 0 Å². The summed E-state index contributed by atoms with van der Waals surface area (Å²) < 4.78 is 13.0. The molecule has 0 bridgehead atoms. The number of aliphatic hydroxyl groups is 1. The van der Waals surface area contributed by atoms with Gasteiger partial charge in [-0.3, -0.25) is 9.89 Å². The molecule has 1 fully saturated rings. The van der Waals surface area contributed by atoms with E-state index in [1.165, 1.54) is 12.1 Å². The maximum absolute atomic E-state index is 13.0. The number of likely N-dealkylation sites (tertiary alicyclic amines) is 1. The van der Waals surface area contributed by atoms with Crippen molar-refractivity contribution in [2.75, 3.05) is 6.54 Å². The standard InChI is InChI=1S/C17H20FN3O2/c1-17(2,23)15-4-3-9-21(15)16(22)14-10-13(19-20-14)11-5-7-12(18)8-6-11/h5-8,10,15,23H,3-4,9H2,1-2H3,(H,19,20). The minimum absolute atomic E-state index is 0.171. The average Bonchev–Trinajstić information content (AvgIpc) is 3.16. The zero-order chi connectivity index (χ0) is 16.6. The molecule has 1 aromatic carbocycles. The maximum atomic E-state index is 13.0. The van der Waals surface area contributed by atoms with Gasteiger partial charge in [-0.05, 0) is 57.0 Å². The van der Waals surface area contributed by atoms with E-state index < -0.39 is 5.60 Å². The first-order valence-electron chi connectivity index (χ1n) is 7.71. The lowest BCUT2D eigenvalue weighted by atomic mass is 9.96. The van der Waals surface area contributed by atoms with Gasteiger partial charge in [-0.1, -0.05) is 0 Å². The van der Waals surface area contributed by atoms with E-state index in [0.717, 1.165) is 18.4 Å². The molecule has 2 aromatic rings. The Bertz CT molecular complexity index is 703. The van der Waals surface area contributed by atoms with Gasteiger partial charge in [-0.2, -0.15) is 5.10 Å². The van der Waals surface area contributed by atoms with Crippen molar-refractivity contribution in [1.82, 2.24) is 15.1 Å². The fraction of sp³-hybridized carbons (Fsp3) is 0.412. The van der Waals surface area contributed by atoms with Crippen LogP contribution in [-0.2, 0) is 0 Å². The number of halogens is 1. The van der Waals surface area contributed by atoms with Gasteiger partial charge >= 0.3 is 0 Å². The molecule has 2 N–H and O–H groups in total. The van der Waals surface area contributed by atoms with Crippen LogP contribution in [0.5, 0.6) is 0 Å². The lowest BCUT2D eigenvalue weighted by Crippen LogP contribution is -2.48. The molecule has 2 heterocycles. The van der Waals surface area contributed by atoms with Crippen LogP contribution in [0, 0.1) is 5.82 Å². The van der Waals surface area contributed by atoms with Crippen molar-refractivity contribution in [3.05, 3.63) is 41.8 Å². The number of H-pyrrole nitrogens is 1. The summed E-state index contributed by atoms with van der Waals surface area (Å²) >= 11 is 0. The van der Waals surface area contributed by atoms with E-state index >= 15 is 0 Å². The highest BCUT2D eigenvalue weighted by molar-refractivity contribution is 5.93. The quantitative estimate of drug-likeness (QED) is 0.914. The molecule has 1 aromatic heterocycles. The van der Waals surface area contributed by atoms with E-state index in [-0.39, 0.29) is 17.8 Å². The van der Waals surface area contributed by atoms with Gasteiger partial charge in [0, 0.05) is 12.1 Å². The third-order valence-electron chi connectivity index (χ3n) is 4.28. The molecule has 1 amide bonds. The SMILES string of the molecule is CC(C)(O)C1CCCN1C(=O)c1cc(-c2ccc(F)cc2)n[nH]1. The van der Waals surface area contributed by atoms with Crippen LogP contribution < -0.4 is 0 Å². The highest BCUT2D eigenvalue weighted by Crippen LogP contribution is 2.28. The molecular formula is C17H20FN3O2. The fourth-order valence-electron chi connectivity index (χ4n) is 3.10. The van der Waals surface area contributed by atoms with Crippen molar-refractivity contribution >= 4 is 5.91 Å². The highest BCUT2D eigenvalue weighted by Gasteiger charge is 2.39. The molecule has 1 saturated heterocycles. The summed E-state index contributed by atoms with van der Waals surface area (Å²) in [5.41, 5.74) is 0.765. The summed E-state index contributed by atoms with van der Waals surface area (Å²) in [7, 11) is 0. The van der Waals surface area contributed by atoms with Crippen LogP contribution in [-0.4, -0.2) is 44.3 Å². The number of nitrogens with one attached hydrogen (secondary N) is 1. The molecule has 0 spiro atoms. The van der Waals surface area contributed by atoms with Crippen molar-refractivity contribution in [2.45, 2.75) is 38.3 Å². The van der Waals surface area contributed by atoms with Gasteiger partial charge in [0.15, 0.2) is 0 Å². The second kappa shape index (κ2) is 5.77. The van der Waals surface area contributed by atoms with Gasteiger partial charge in [0.1, 0.15) is 11.5 Å². The summed E-state index contributed by atoms with van der Waals surface area (Å²) in [5.74, 6) is -0.485. The van der Waals surface area contributed by atoms with Gasteiger partial charge in [0.2, 0.25) is 0 Å². The monoisotopic (exact) mass is 317 g/mol. The van der Waals surface area contributed by atoms with Crippen molar-refractivity contribution in [2.24, 2.45) is 0 Å². The predicted molar refractivity (Wildman–Crippen MR) is 84.3 cm³/mol. The molecule has 0 saturated carbocycles. The Labute approximate surface area is 134 Å². The predicted octanol–water partition coefficient (Wildman–Crippen LogP) is 2.59. The van der Waals surface area contributed by atoms with Gasteiger partial charge in [0.05, 0.1) is 17.3 Å². The largest absolute Gasteiger partial charge is 0.388 e. The van der Waals surface area contributed by atoms with Crippen LogP contribution in [0.15, 0.2) is 30.3 Å². The Kier molecular flexibility index (Phi) is 3.93. The molecule has 5 nitrogen and oxygen atoms in total. The molecule has 122 valence electrons. The van der Waals surface area contributed by atoms with Crippen molar-refractivity contribution < 1.29 is 14.3 Å². The van der Waals surface area contributed by atoms with Crippen LogP contribution in [0.3, 0.4) is 0 Å². The Morgan fingerprint density at radius 1 is 1.39 bits per heavy atom. The number of rotatable bonds is 3. The van der Waals surface area contributed by atoms with E-state index in [0.29, 0.717) is 17.9 Å². The zero-order valence-electron chi connectivity index (χ0n) is 13.2. The topological polar surface area (TPSA) is 69.2 Å². The molecule has 1 unspecified atom stereocenters. The van der Waals surface area contributed by atoms with Crippen LogP contribution in [0.4, 0.5) is 4.39 Å². The Morgan fingerprint density at radius 3 is 2.74 bits per heavy atom. The minimum atomic E-state index is -0.939. The number of carbonyl (C=O) groups is 1. The Morgan fingerprint density at radius 2 is 2.09 bits per heavy atom. The molecule has 1 atom stereocenters. The first-order valence-corrected chi connectivity index (χ1v) is 7.71. The second-order valence-electron chi connectivity index (χ2n) is 6.48. The number of nitrogens with zero attached hydrogens (tertiary/aromatic N) is 2. The van der Waals surface area contributed by atoms with Crippen LogP contribution in [0.2, 0.25) is 0 Å². The van der Waals surface area contributed by atoms with Gasteiger partial charge in [-0.25, -0.2) is 4.39 Å². The summed E-state index contributed by atoms with van der Waals surface area (Å²) in [5, 5.41) is 17.1. The van der Waals surface area contributed by atoms with E-state index in [9.17, 15) is 14.3 Å². The third kappa shape index (κ3) is 3.12. The number of benzene rings is 1. The Hall–Kier alpha value is -2.21. The number of hydrogen-bond donors (Lipinski definition) is 2. The van der Waals surface area contributed by atoms with Gasteiger partial charge in [0.25, 0.3) is 5.91 Å². The van der Waals surface area contributed by atoms with Crippen molar-refractivity contribution in [3.8, 4) is 11.3 Å². The van der Waals surface area contributed by atoms with Crippen LogP contribution >= 0.6 is 0 Å². The smallest absolute Gasteiger partial charge is 0.272 e. The number of hydrogen-bond acceptors (Lipinski definition) is 3. The lowest BCUT2D eigenvalue weighted by molar-refractivity contribution is 0.000118. The summed E-state index contributed by atoms with van der Waals surface area (Å²) in [6, 6.07) is 7.42. The van der Waals surface area contributed by atoms with E-state index in [1.807, 2.05) is 0 Å². The number of aromatic amines is 1. The van der Waals surface area contributed by atoms with Gasteiger partial charge in [-0.15, -0.1) is 0 Å². The van der Waals surface area contributed by atoms with Gasteiger partial charge < -0.3 is 10.0 Å². The van der Waals surface area contributed by atoms with E-state index in [4.69, 9.17) is 0 Å². The first kappa shape index (κ1) is 15.7. The van der Waals surface area contributed by atoms with Crippen LogP contribution in [0.1, 0.15) is 37.2 Å². The molecule has 1 aliphatic rings. The third-order valence-corrected chi connectivity index (χ3v) is 4.28. The molecule has 6 heteroatoms. The molecule has 3 rings (SSSR count). The highest BCUT2D eigenvalue weighted by atomic mass is 19.1. The second-order valence-corrected chi connectivity index (χ2v) is 6.48. The average molecular weight is 317 g/mol. The lowest BCUT2D eigenvalue weighted by Gasteiger charge is -2.33. The fourth-order valence-corrected chi connectivity index (χ4v) is 3.10. The maximum Gasteiger partial charge on any atom is 0.272 e. The number of aromatic nitrogens is 2. The zero-order valence-corrected chi connectivity index (χ0v) is 13.2. The molecule has 0 aliphatic carbocycles. The Balaban J connectivity index is 1.82. The number of carbonyl (C=O) groups excluding carboxylic acids is 1. The molecule has 1 aliphatic heterocycles. The van der Waals surface area contributed by atoms with Crippen LogP contribution in [0.25, 0.3) is 11.3 Å². The summed E-state index contributed by atoms with van der Waals surface area (Å²) in [4.78, 5) is 14.4. The molecule has 0 radical (unpaired) electrons. The van der Waals surface area contributed by atoms with E-state index in [2.05, 4.69) is 10.2 Å². The first-order chi connectivity index (χ1) is 10.9. The normalized spacial score (nSPS) is 18.4. The van der Waals surface area contributed by atoms with E-state index in [1.54, 1.807) is 36.9 Å². The molecular weight excluding hydrogens is 297 g/mol. The summed E-state index contributed by atoms with van der Waals surface area (Å²) in [6.07, 6.45) is 1.66. The summed E-state index contributed by atoms with van der Waals surface area (Å²) in [6.45, 7) is 4.07. The molecule has 23 heavy (non-hydrogen) atoms. The number of amides is 1. The minimum Gasteiger partial charge on any atom is -0.388 e. The van der Waals surface area contributed by atoms with Crippen molar-refractivity contribution in [3.63, 3.8) is 0 Å².